The van der Waals surface area contributed by atoms with Crippen molar-refractivity contribution in [2.45, 2.75) is 0 Å². The standard InChI is InChI=1S/C16H15ClN2O4/c1-22-14-8-7-10(17)9-13(14)19-16(21)18-12-6-4-3-5-11(12)15(20)23-2/h3-9H,1-2H3,(H2,18,19,21). The fraction of sp³-hybridized carbons (Fsp3) is 0.125. The predicted molar refractivity (Wildman–Crippen MR) is 88.4 cm³/mol. The van der Waals surface area contributed by atoms with Crippen LogP contribution in [-0.2, 0) is 4.74 Å². The molecule has 0 saturated heterocycles. The van der Waals surface area contributed by atoms with E-state index in [-0.39, 0.29) is 5.56 Å². The summed E-state index contributed by atoms with van der Waals surface area (Å²) in [5.74, 6) is -0.0768. The molecule has 0 fully saturated rings. The number of carbonyl (C=O) groups is 2. The topological polar surface area (TPSA) is 76.7 Å². The zero-order chi connectivity index (χ0) is 16.8. The first-order valence-corrected chi connectivity index (χ1v) is 7.02. The number of methoxy groups -OCH3 is 2. The van der Waals surface area contributed by atoms with Crippen LogP contribution in [0.2, 0.25) is 5.02 Å². The summed E-state index contributed by atoms with van der Waals surface area (Å²) in [5.41, 5.74) is 0.995. The smallest absolute Gasteiger partial charge is 0.339 e. The molecule has 0 aliphatic heterocycles. The molecule has 120 valence electrons. The molecule has 2 rings (SSSR count). The van der Waals surface area contributed by atoms with Crippen LogP contribution in [0.1, 0.15) is 10.4 Å². The largest absolute Gasteiger partial charge is 0.495 e. The maximum Gasteiger partial charge on any atom is 0.339 e. The van der Waals surface area contributed by atoms with Gasteiger partial charge < -0.3 is 20.1 Å². The lowest BCUT2D eigenvalue weighted by Gasteiger charge is -2.13. The van der Waals surface area contributed by atoms with Gasteiger partial charge in [-0.15, -0.1) is 0 Å². The van der Waals surface area contributed by atoms with Gasteiger partial charge in [0.25, 0.3) is 0 Å². The van der Waals surface area contributed by atoms with E-state index >= 15 is 0 Å². The number of benzene rings is 2. The van der Waals surface area contributed by atoms with E-state index in [4.69, 9.17) is 16.3 Å². The molecule has 23 heavy (non-hydrogen) atoms. The van der Waals surface area contributed by atoms with Crippen molar-refractivity contribution in [3.63, 3.8) is 0 Å². The summed E-state index contributed by atoms with van der Waals surface area (Å²) in [6.45, 7) is 0. The van der Waals surface area contributed by atoms with Crippen LogP contribution in [0.5, 0.6) is 5.75 Å². The Morgan fingerprint density at radius 3 is 2.39 bits per heavy atom. The number of para-hydroxylation sites is 1. The van der Waals surface area contributed by atoms with Gasteiger partial charge in [0.15, 0.2) is 0 Å². The number of hydrogen-bond acceptors (Lipinski definition) is 4. The lowest BCUT2D eigenvalue weighted by molar-refractivity contribution is 0.0602. The summed E-state index contributed by atoms with van der Waals surface area (Å²) < 4.78 is 9.84. The average Bonchev–Trinajstić information content (AvgIpc) is 2.55. The summed E-state index contributed by atoms with van der Waals surface area (Å²) in [7, 11) is 2.76. The van der Waals surface area contributed by atoms with Crippen molar-refractivity contribution in [2.24, 2.45) is 0 Å². The second-order valence-corrected chi connectivity index (χ2v) is 4.90. The van der Waals surface area contributed by atoms with Gasteiger partial charge in [0.05, 0.1) is 31.2 Å². The van der Waals surface area contributed by atoms with E-state index in [9.17, 15) is 9.59 Å². The third kappa shape index (κ3) is 4.14. The van der Waals surface area contributed by atoms with Crippen molar-refractivity contribution in [1.29, 1.82) is 0 Å². The Labute approximate surface area is 138 Å². The van der Waals surface area contributed by atoms with Gasteiger partial charge >= 0.3 is 12.0 Å². The summed E-state index contributed by atoms with van der Waals surface area (Å²) in [6, 6.07) is 10.8. The lowest BCUT2D eigenvalue weighted by Crippen LogP contribution is -2.21. The predicted octanol–water partition coefficient (Wildman–Crippen LogP) is 3.78. The molecule has 0 aromatic heterocycles. The summed E-state index contributed by atoms with van der Waals surface area (Å²) in [5, 5.41) is 5.67. The Morgan fingerprint density at radius 1 is 1.00 bits per heavy atom. The van der Waals surface area contributed by atoms with E-state index in [0.717, 1.165) is 0 Å². The van der Waals surface area contributed by atoms with Crippen LogP contribution in [0.3, 0.4) is 0 Å². The Bertz CT molecular complexity index is 734. The van der Waals surface area contributed by atoms with Gasteiger partial charge in [-0.1, -0.05) is 23.7 Å². The molecule has 0 saturated carbocycles. The average molecular weight is 335 g/mol. The Hall–Kier alpha value is -2.73. The van der Waals surface area contributed by atoms with Crippen LogP contribution < -0.4 is 15.4 Å². The van der Waals surface area contributed by atoms with Crippen molar-refractivity contribution in [3.05, 3.63) is 53.1 Å². The molecule has 0 radical (unpaired) electrons. The summed E-state index contributed by atoms with van der Waals surface area (Å²) in [4.78, 5) is 23.8. The SMILES string of the molecule is COC(=O)c1ccccc1NC(=O)Nc1cc(Cl)ccc1OC. The molecule has 2 aromatic rings. The molecule has 2 amide bonds. The minimum Gasteiger partial charge on any atom is -0.495 e. The molecular weight excluding hydrogens is 320 g/mol. The third-order valence-corrected chi connectivity index (χ3v) is 3.23. The van der Waals surface area contributed by atoms with Crippen molar-refractivity contribution in [2.75, 3.05) is 24.9 Å². The summed E-state index contributed by atoms with van der Waals surface area (Å²) >= 11 is 5.91. The minimum atomic E-state index is -0.541. The molecular formula is C16H15ClN2O4. The first-order chi connectivity index (χ1) is 11.0. The highest BCUT2D eigenvalue weighted by Crippen LogP contribution is 2.28. The molecule has 2 aromatic carbocycles. The highest BCUT2D eigenvalue weighted by molar-refractivity contribution is 6.31. The number of amides is 2. The van der Waals surface area contributed by atoms with Crippen LogP contribution in [0, 0.1) is 0 Å². The number of rotatable bonds is 4. The fourth-order valence-electron chi connectivity index (χ4n) is 1.93. The second-order valence-electron chi connectivity index (χ2n) is 4.46. The molecule has 0 atom stereocenters. The number of esters is 1. The number of ether oxygens (including phenoxy) is 2. The maximum absolute atomic E-state index is 12.2. The normalized spacial score (nSPS) is 9.87. The van der Waals surface area contributed by atoms with E-state index in [1.807, 2.05) is 0 Å². The van der Waals surface area contributed by atoms with Gasteiger partial charge in [-0.25, -0.2) is 9.59 Å². The molecule has 6 nitrogen and oxygen atoms in total. The number of hydrogen-bond donors (Lipinski definition) is 2. The van der Waals surface area contributed by atoms with Crippen molar-refractivity contribution in [1.82, 2.24) is 0 Å². The van der Waals surface area contributed by atoms with Crippen molar-refractivity contribution < 1.29 is 19.1 Å². The molecule has 0 heterocycles. The molecule has 7 heteroatoms. The number of carbonyl (C=O) groups excluding carboxylic acids is 2. The van der Waals surface area contributed by atoms with Crippen LogP contribution in [0.25, 0.3) is 0 Å². The number of anilines is 2. The highest BCUT2D eigenvalue weighted by Gasteiger charge is 2.14. The minimum absolute atomic E-state index is 0.253. The van der Waals surface area contributed by atoms with Crippen molar-refractivity contribution >= 4 is 35.0 Å². The van der Waals surface area contributed by atoms with E-state index in [1.54, 1.807) is 42.5 Å². The van der Waals surface area contributed by atoms with Crippen LogP contribution in [0.4, 0.5) is 16.2 Å². The fourth-order valence-corrected chi connectivity index (χ4v) is 2.11. The third-order valence-electron chi connectivity index (χ3n) is 2.99. The highest BCUT2D eigenvalue weighted by atomic mass is 35.5. The zero-order valence-corrected chi connectivity index (χ0v) is 13.3. The number of urea groups is 1. The number of halogens is 1. The van der Waals surface area contributed by atoms with E-state index in [1.165, 1.54) is 14.2 Å². The zero-order valence-electron chi connectivity index (χ0n) is 12.6. The van der Waals surface area contributed by atoms with Crippen molar-refractivity contribution in [3.8, 4) is 5.75 Å². The van der Waals surface area contributed by atoms with E-state index in [2.05, 4.69) is 15.4 Å². The Balaban J connectivity index is 2.18. The van der Waals surface area contributed by atoms with Gasteiger partial charge in [0, 0.05) is 5.02 Å². The molecule has 0 aliphatic carbocycles. The van der Waals surface area contributed by atoms with Gasteiger partial charge in [0.2, 0.25) is 0 Å². The van der Waals surface area contributed by atoms with Gasteiger partial charge in [0.1, 0.15) is 5.75 Å². The van der Waals surface area contributed by atoms with Gasteiger partial charge in [-0.2, -0.15) is 0 Å². The second kappa shape index (κ2) is 7.51. The molecule has 0 spiro atoms. The summed E-state index contributed by atoms with van der Waals surface area (Å²) in [6.07, 6.45) is 0. The van der Waals surface area contributed by atoms with Crippen LogP contribution in [-0.4, -0.2) is 26.2 Å². The molecule has 0 unspecified atom stereocenters. The van der Waals surface area contributed by atoms with E-state index < -0.39 is 12.0 Å². The molecule has 0 bridgehead atoms. The molecule has 2 N–H and O–H groups in total. The first kappa shape index (κ1) is 16.6. The van der Waals surface area contributed by atoms with Gasteiger partial charge in [-0.05, 0) is 30.3 Å². The number of nitrogens with one attached hydrogen (secondary N) is 2. The lowest BCUT2D eigenvalue weighted by atomic mass is 10.2. The quantitative estimate of drug-likeness (QED) is 0.834. The maximum atomic E-state index is 12.2. The van der Waals surface area contributed by atoms with Gasteiger partial charge in [-0.3, -0.25) is 0 Å². The first-order valence-electron chi connectivity index (χ1n) is 6.64. The van der Waals surface area contributed by atoms with Crippen LogP contribution in [0.15, 0.2) is 42.5 Å². The van der Waals surface area contributed by atoms with Crippen LogP contribution >= 0.6 is 11.6 Å². The monoisotopic (exact) mass is 334 g/mol. The molecule has 0 aliphatic rings. The Kier molecular flexibility index (Phi) is 5.43. The Morgan fingerprint density at radius 2 is 1.70 bits per heavy atom. The van der Waals surface area contributed by atoms with E-state index in [0.29, 0.717) is 22.1 Å².